The molecule has 0 aliphatic rings. The molecule has 11 heteroatoms. The quantitative estimate of drug-likeness (QED) is 0.570. The number of nitrogens with zero attached hydrogens (tertiary/aromatic N) is 2. The number of aliphatic hydroxyl groups is 1. The van der Waals surface area contributed by atoms with E-state index in [-0.39, 0.29) is 29.0 Å². The minimum Gasteiger partial charge on any atom is -0.465 e. The number of aromatic nitrogens is 2. The first-order valence-electron chi connectivity index (χ1n) is 8.38. The van der Waals surface area contributed by atoms with E-state index in [2.05, 4.69) is 5.10 Å². The number of pyridine rings is 1. The van der Waals surface area contributed by atoms with Gasteiger partial charge in [-0.05, 0) is 24.3 Å². The number of halogens is 1. The maximum atomic E-state index is 13.3. The molecule has 0 unspecified atom stereocenters. The van der Waals surface area contributed by atoms with Gasteiger partial charge in [-0.2, -0.15) is 0 Å². The molecule has 0 amide bonds. The number of nitrogens with one attached hydrogen (secondary N) is 1. The van der Waals surface area contributed by atoms with E-state index < -0.39 is 33.8 Å². The van der Waals surface area contributed by atoms with Gasteiger partial charge < -0.3 is 9.84 Å². The Morgan fingerprint density at radius 3 is 2.52 bits per heavy atom. The maximum Gasteiger partial charge on any atom is 0.342 e. The number of aliphatic hydroxyl groups excluding tert-OH is 1. The summed E-state index contributed by atoms with van der Waals surface area (Å²) >= 11 is 0. The molecule has 0 bridgehead atoms. The minimum absolute atomic E-state index is 0.0378. The smallest absolute Gasteiger partial charge is 0.342 e. The lowest BCUT2D eigenvalue weighted by atomic mass is 10.1. The molecule has 1 aromatic carbocycles. The molecule has 2 N–H and O–H groups in total. The van der Waals surface area contributed by atoms with Crippen LogP contribution >= 0.6 is 0 Å². The van der Waals surface area contributed by atoms with E-state index in [1.54, 1.807) is 0 Å². The Bertz CT molecular complexity index is 1230. The largest absolute Gasteiger partial charge is 0.465 e. The van der Waals surface area contributed by atoms with E-state index >= 15 is 0 Å². The zero-order chi connectivity index (χ0) is 21.3. The van der Waals surface area contributed by atoms with Crippen molar-refractivity contribution in [1.82, 2.24) is 9.61 Å². The van der Waals surface area contributed by atoms with Crippen LogP contribution in [0.4, 0.5) is 10.1 Å². The number of aromatic amines is 1. The zero-order valence-corrected chi connectivity index (χ0v) is 16.4. The van der Waals surface area contributed by atoms with Crippen LogP contribution < -0.4 is 9.73 Å². The summed E-state index contributed by atoms with van der Waals surface area (Å²) in [6.45, 7) is -0.802. The van der Waals surface area contributed by atoms with Crippen LogP contribution in [0.1, 0.15) is 10.4 Å². The van der Waals surface area contributed by atoms with Crippen LogP contribution in [-0.4, -0.2) is 55.6 Å². The number of anilines is 1. The molecule has 0 saturated carbocycles. The monoisotopic (exact) mass is 423 g/mol. The molecule has 154 valence electrons. The van der Waals surface area contributed by atoms with Gasteiger partial charge in [0.05, 0.1) is 43.9 Å². The molecule has 0 saturated heterocycles. The van der Waals surface area contributed by atoms with Gasteiger partial charge >= 0.3 is 5.97 Å². The highest BCUT2D eigenvalue weighted by atomic mass is 32.2. The highest BCUT2D eigenvalue weighted by Gasteiger charge is 2.25. The fourth-order valence-electron chi connectivity index (χ4n) is 2.99. The highest BCUT2D eigenvalue weighted by Crippen LogP contribution is 2.28. The first kappa shape index (κ1) is 20.6. The molecule has 0 aliphatic heterocycles. The van der Waals surface area contributed by atoms with Crippen LogP contribution in [0.15, 0.2) is 41.3 Å². The van der Waals surface area contributed by atoms with Crippen LogP contribution in [-0.2, 0) is 14.8 Å². The van der Waals surface area contributed by atoms with Crippen LogP contribution in [0.2, 0.25) is 0 Å². The topological polar surface area (TPSA) is 121 Å². The van der Waals surface area contributed by atoms with Crippen LogP contribution in [0.25, 0.3) is 16.8 Å². The van der Waals surface area contributed by atoms with Gasteiger partial charge in [-0.1, -0.05) is 0 Å². The lowest BCUT2D eigenvalue weighted by molar-refractivity contribution is 0.0604. The number of sulfonamides is 1. The Hall–Kier alpha value is -3.18. The van der Waals surface area contributed by atoms with Gasteiger partial charge in [0.1, 0.15) is 17.1 Å². The molecule has 0 radical (unpaired) electrons. The van der Waals surface area contributed by atoms with Gasteiger partial charge in [-0.25, -0.2) is 17.6 Å². The van der Waals surface area contributed by atoms with Crippen molar-refractivity contribution >= 4 is 27.2 Å². The molecule has 0 atom stereocenters. The molecule has 2 heterocycles. The van der Waals surface area contributed by atoms with E-state index in [4.69, 9.17) is 4.74 Å². The average Bonchev–Trinajstić information content (AvgIpc) is 3.03. The Labute approximate surface area is 165 Å². The summed E-state index contributed by atoms with van der Waals surface area (Å²) in [4.78, 5) is 25.0. The predicted octanol–water partition coefficient (Wildman–Crippen LogP) is 0.979. The van der Waals surface area contributed by atoms with E-state index in [1.807, 2.05) is 0 Å². The van der Waals surface area contributed by atoms with Gasteiger partial charge in [0, 0.05) is 11.6 Å². The molecule has 29 heavy (non-hydrogen) atoms. The summed E-state index contributed by atoms with van der Waals surface area (Å²) in [5.41, 5.74) is 0.0422. The Kier molecular flexibility index (Phi) is 5.44. The van der Waals surface area contributed by atoms with E-state index in [0.29, 0.717) is 5.56 Å². The molecule has 0 aliphatic carbocycles. The molecule has 9 nitrogen and oxygen atoms in total. The molecule has 3 rings (SSSR count). The molecular weight excluding hydrogens is 405 g/mol. The van der Waals surface area contributed by atoms with E-state index in [9.17, 15) is 27.5 Å². The number of carbonyl (C=O) groups is 1. The third-order valence-electron chi connectivity index (χ3n) is 4.26. The van der Waals surface area contributed by atoms with Crippen molar-refractivity contribution < 1.29 is 27.4 Å². The molecular formula is C18H18FN3O6S. The number of H-pyrrole nitrogens is 1. The van der Waals surface area contributed by atoms with Gasteiger partial charge in [0.2, 0.25) is 15.5 Å². The van der Waals surface area contributed by atoms with Crippen molar-refractivity contribution in [3.8, 4) is 11.3 Å². The number of ether oxygens (including phenoxy) is 1. The average molecular weight is 423 g/mol. The Morgan fingerprint density at radius 1 is 1.31 bits per heavy atom. The molecule has 0 spiro atoms. The van der Waals surface area contributed by atoms with E-state index in [1.165, 1.54) is 42.1 Å². The number of fused-ring (bicyclic) bond motifs is 1. The summed E-state index contributed by atoms with van der Waals surface area (Å²) in [6.07, 6.45) is 2.13. The highest BCUT2D eigenvalue weighted by molar-refractivity contribution is 7.92. The minimum atomic E-state index is -3.84. The van der Waals surface area contributed by atoms with Crippen molar-refractivity contribution in [2.24, 2.45) is 0 Å². The second-order valence-electron chi connectivity index (χ2n) is 6.20. The van der Waals surface area contributed by atoms with Gasteiger partial charge in [0.25, 0.3) is 0 Å². The maximum absolute atomic E-state index is 13.3. The fourth-order valence-corrected chi connectivity index (χ4v) is 3.90. The number of hydrogen-bond acceptors (Lipinski definition) is 6. The Balaban J connectivity index is 2.31. The van der Waals surface area contributed by atoms with Crippen LogP contribution in [0.5, 0.6) is 0 Å². The lowest BCUT2D eigenvalue weighted by Crippen LogP contribution is -2.36. The summed E-state index contributed by atoms with van der Waals surface area (Å²) in [7, 11) is -2.66. The van der Waals surface area contributed by atoms with Gasteiger partial charge in [0.15, 0.2) is 0 Å². The second-order valence-corrected chi connectivity index (χ2v) is 8.10. The second kappa shape index (κ2) is 7.68. The van der Waals surface area contributed by atoms with Gasteiger partial charge in [-0.15, -0.1) is 0 Å². The first-order valence-corrected chi connectivity index (χ1v) is 10.2. The van der Waals surface area contributed by atoms with E-state index in [0.717, 1.165) is 16.6 Å². The van der Waals surface area contributed by atoms with Crippen molar-refractivity contribution in [3.63, 3.8) is 0 Å². The summed E-state index contributed by atoms with van der Waals surface area (Å²) in [5, 5.41) is 12.1. The number of esters is 1. The SMILES string of the molecule is COC(=O)c1c(-c2ccc(F)cc2)[nH]n2cc(N(CCO)S(C)(=O)=O)c(=O)cc12. The summed E-state index contributed by atoms with van der Waals surface area (Å²) < 4.78 is 44.2. The third kappa shape index (κ3) is 3.87. The van der Waals surface area contributed by atoms with Crippen LogP contribution in [0.3, 0.4) is 0 Å². The molecule has 2 aromatic heterocycles. The zero-order valence-electron chi connectivity index (χ0n) is 15.5. The van der Waals surface area contributed by atoms with Crippen molar-refractivity contribution in [1.29, 1.82) is 0 Å². The normalized spacial score (nSPS) is 11.6. The predicted molar refractivity (Wildman–Crippen MR) is 104 cm³/mol. The van der Waals surface area contributed by atoms with Gasteiger partial charge in [-0.3, -0.25) is 18.7 Å². The summed E-state index contributed by atoms with van der Waals surface area (Å²) in [5.74, 6) is -1.19. The lowest BCUT2D eigenvalue weighted by Gasteiger charge is -2.20. The van der Waals surface area contributed by atoms with Crippen LogP contribution in [0, 0.1) is 5.82 Å². The molecule has 3 aromatic rings. The number of rotatable bonds is 6. The number of methoxy groups -OCH3 is 1. The number of hydrogen-bond donors (Lipinski definition) is 2. The summed E-state index contributed by atoms with van der Waals surface area (Å²) in [6, 6.07) is 6.41. The first-order chi connectivity index (χ1) is 13.7. The van der Waals surface area contributed by atoms with Crippen molar-refractivity contribution in [3.05, 3.63) is 58.1 Å². The third-order valence-corrected chi connectivity index (χ3v) is 5.44. The molecule has 0 fully saturated rings. The van der Waals surface area contributed by atoms with Crippen molar-refractivity contribution in [2.45, 2.75) is 0 Å². The number of carbonyl (C=O) groups excluding carboxylic acids is 1. The fraction of sp³-hybridized carbons (Fsp3) is 0.222. The standard InChI is InChI=1S/C18H18FN3O6S/c1-28-18(25)16-13-9-15(24)14(22(7-8-23)29(2,26)27)10-21(13)20-17(16)11-3-5-12(19)6-4-11/h3-6,9-10,20,23H,7-8H2,1-2H3. The number of benzene rings is 1. The Morgan fingerprint density at radius 2 is 1.97 bits per heavy atom. The van der Waals surface area contributed by atoms with Crippen molar-refractivity contribution in [2.75, 3.05) is 30.8 Å².